The highest BCUT2D eigenvalue weighted by Gasteiger charge is 2.06. The molecule has 1 amide bonds. The molecule has 0 aliphatic rings. The maximum Gasteiger partial charge on any atom is 0.251 e. The van der Waals surface area contributed by atoms with Crippen LogP contribution in [-0.2, 0) is 13.1 Å². The van der Waals surface area contributed by atoms with Gasteiger partial charge in [0.15, 0.2) is 0 Å². The smallest absolute Gasteiger partial charge is 0.251 e. The van der Waals surface area contributed by atoms with Crippen molar-refractivity contribution in [2.24, 2.45) is 0 Å². The van der Waals surface area contributed by atoms with Gasteiger partial charge in [0, 0.05) is 18.7 Å². The average Bonchev–Trinajstić information content (AvgIpc) is 2.65. The summed E-state index contributed by atoms with van der Waals surface area (Å²) in [6.07, 6.45) is 0. The molecule has 4 nitrogen and oxygen atoms in total. The second-order valence-corrected chi connectivity index (χ2v) is 5.65. The van der Waals surface area contributed by atoms with Gasteiger partial charge in [-0.3, -0.25) is 9.69 Å². The van der Waals surface area contributed by atoms with E-state index in [4.69, 9.17) is 5.26 Å². The fourth-order valence-corrected chi connectivity index (χ4v) is 2.48. The van der Waals surface area contributed by atoms with Gasteiger partial charge in [0.25, 0.3) is 5.91 Å². The van der Waals surface area contributed by atoms with Gasteiger partial charge in [0.05, 0.1) is 11.6 Å². The first-order chi connectivity index (χ1) is 11.7. The number of carbonyl (C=O) groups excluding carboxylic acids is 1. The lowest BCUT2D eigenvalue weighted by molar-refractivity contribution is 0.0951. The molecule has 124 valence electrons. The summed E-state index contributed by atoms with van der Waals surface area (Å²) < 4.78 is 0. The van der Waals surface area contributed by atoms with E-state index in [1.54, 1.807) is 24.3 Å². The molecule has 0 bridgehead atoms. The van der Waals surface area contributed by atoms with Crippen molar-refractivity contribution in [2.45, 2.75) is 26.9 Å². The number of hydrogen-bond donors (Lipinski definition) is 1. The predicted molar refractivity (Wildman–Crippen MR) is 95.4 cm³/mol. The van der Waals surface area contributed by atoms with Gasteiger partial charge in [-0.05, 0) is 42.4 Å². The Kier molecular flexibility index (Phi) is 6.53. The summed E-state index contributed by atoms with van der Waals surface area (Å²) in [4.78, 5) is 14.5. The Hall–Kier alpha value is -2.64. The zero-order valence-corrected chi connectivity index (χ0v) is 14.2. The van der Waals surface area contributed by atoms with Gasteiger partial charge >= 0.3 is 0 Å². The normalized spacial score (nSPS) is 10.4. The number of rotatable bonds is 7. The topological polar surface area (TPSA) is 56.1 Å². The van der Waals surface area contributed by atoms with Crippen LogP contribution in [0.25, 0.3) is 0 Å². The molecule has 4 heteroatoms. The molecule has 0 saturated carbocycles. The van der Waals surface area contributed by atoms with Crippen molar-refractivity contribution >= 4 is 5.91 Å². The molecule has 0 aromatic heterocycles. The van der Waals surface area contributed by atoms with E-state index in [1.165, 1.54) is 5.56 Å². The number of nitrogens with one attached hydrogen (secondary N) is 1. The second kappa shape index (κ2) is 8.85. The third-order valence-electron chi connectivity index (χ3n) is 4.03. The van der Waals surface area contributed by atoms with Gasteiger partial charge < -0.3 is 5.32 Å². The lowest BCUT2D eigenvalue weighted by Gasteiger charge is -2.18. The van der Waals surface area contributed by atoms with E-state index in [-0.39, 0.29) is 5.91 Å². The van der Waals surface area contributed by atoms with Crippen molar-refractivity contribution in [2.75, 3.05) is 13.1 Å². The van der Waals surface area contributed by atoms with Crippen LogP contribution in [0.4, 0.5) is 0 Å². The first kappa shape index (κ1) is 17.7. The quantitative estimate of drug-likeness (QED) is 0.851. The van der Waals surface area contributed by atoms with Gasteiger partial charge in [0.2, 0.25) is 0 Å². The lowest BCUT2D eigenvalue weighted by Crippen LogP contribution is -2.23. The predicted octanol–water partition coefficient (Wildman–Crippen LogP) is 3.33. The Balaban J connectivity index is 1.92. The first-order valence-electron chi connectivity index (χ1n) is 8.24. The first-order valence-corrected chi connectivity index (χ1v) is 8.24. The van der Waals surface area contributed by atoms with Crippen LogP contribution in [0, 0.1) is 11.3 Å². The Labute approximate surface area is 143 Å². The SMILES string of the molecule is CCN(CC)Cc1ccc(CNC(=O)c2cccc(C#N)c2)cc1. The van der Waals surface area contributed by atoms with E-state index in [2.05, 4.69) is 36.2 Å². The number of benzene rings is 2. The largest absolute Gasteiger partial charge is 0.348 e. The molecule has 2 aromatic rings. The number of nitrogens with zero attached hydrogens (tertiary/aromatic N) is 2. The standard InChI is InChI=1S/C20H23N3O/c1-3-23(4-2)15-17-10-8-16(9-11-17)14-22-20(24)19-7-5-6-18(12-19)13-21/h5-12H,3-4,14-15H2,1-2H3,(H,22,24). The Bertz CT molecular complexity index is 712. The van der Waals surface area contributed by atoms with E-state index in [0.717, 1.165) is 25.2 Å². The molecule has 2 aromatic carbocycles. The maximum absolute atomic E-state index is 12.1. The third kappa shape index (κ3) is 4.94. The number of carbonyl (C=O) groups is 1. The van der Waals surface area contributed by atoms with Crippen molar-refractivity contribution < 1.29 is 4.79 Å². The van der Waals surface area contributed by atoms with Gasteiger partial charge in [-0.25, -0.2) is 0 Å². The van der Waals surface area contributed by atoms with Crippen LogP contribution in [-0.4, -0.2) is 23.9 Å². The zero-order valence-electron chi connectivity index (χ0n) is 14.2. The highest BCUT2D eigenvalue weighted by atomic mass is 16.1. The summed E-state index contributed by atoms with van der Waals surface area (Å²) in [5.41, 5.74) is 3.33. The van der Waals surface area contributed by atoms with Crippen LogP contribution in [0.2, 0.25) is 0 Å². The molecule has 0 fully saturated rings. The fourth-order valence-electron chi connectivity index (χ4n) is 2.48. The Morgan fingerprint density at radius 1 is 1.08 bits per heavy atom. The maximum atomic E-state index is 12.1. The molecular weight excluding hydrogens is 298 g/mol. The summed E-state index contributed by atoms with van der Waals surface area (Å²) in [5.74, 6) is -0.167. The van der Waals surface area contributed by atoms with Gasteiger partial charge in [-0.1, -0.05) is 44.2 Å². The molecular formula is C20H23N3O. The molecule has 0 aliphatic heterocycles. The highest BCUT2D eigenvalue weighted by Crippen LogP contribution is 2.09. The van der Waals surface area contributed by atoms with Gasteiger partial charge in [0.1, 0.15) is 0 Å². The van der Waals surface area contributed by atoms with Crippen LogP contribution in [0.1, 0.15) is 40.9 Å². The van der Waals surface area contributed by atoms with Crippen molar-refractivity contribution in [3.05, 3.63) is 70.8 Å². The van der Waals surface area contributed by atoms with Crippen LogP contribution < -0.4 is 5.32 Å². The summed E-state index contributed by atoms with van der Waals surface area (Å²) in [7, 11) is 0. The number of nitriles is 1. The molecule has 1 N–H and O–H groups in total. The molecule has 24 heavy (non-hydrogen) atoms. The van der Waals surface area contributed by atoms with E-state index in [1.807, 2.05) is 18.2 Å². The molecule has 0 heterocycles. The minimum atomic E-state index is -0.167. The van der Waals surface area contributed by atoms with Crippen molar-refractivity contribution in [1.82, 2.24) is 10.2 Å². The molecule has 0 saturated heterocycles. The summed E-state index contributed by atoms with van der Waals surface area (Å²) in [6.45, 7) is 7.82. The minimum absolute atomic E-state index is 0.167. The Morgan fingerprint density at radius 2 is 1.75 bits per heavy atom. The minimum Gasteiger partial charge on any atom is -0.348 e. The van der Waals surface area contributed by atoms with Crippen LogP contribution in [0.3, 0.4) is 0 Å². The number of amides is 1. The van der Waals surface area contributed by atoms with E-state index < -0.39 is 0 Å². The Morgan fingerprint density at radius 3 is 2.38 bits per heavy atom. The number of hydrogen-bond acceptors (Lipinski definition) is 3. The highest BCUT2D eigenvalue weighted by molar-refractivity contribution is 5.94. The molecule has 0 atom stereocenters. The second-order valence-electron chi connectivity index (χ2n) is 5.65. The summed E-state index contributed by atoms with van der Waals surface area (Å²) in [5, 5.41) is 11.8. The molecule has 2 rings (SSSR count). The van der Waals surface area contributed by atoms with Crippen molar-refractivity contribution in [3.8, 4) is 6.07 Å². The van der Waals surface area contributed by atoms with E-state index in [9.17, 15) is 4.79 Å². The summed E-state index contributed by atoms with van der Waals surface area (Å²) in [6, 6.07) is 17.1. The summed E-state index contributed by atoms with van der Waals surface area (Å²) >= 11 is 0. The van der Waals surface area contributed by atoms with Gasteiger partial charge in [-0.15, -0.1) is 0 Å². The van der Waals surface area contributed by atoms with Crippen molar-refractivity contribution in [3.63, 3.8) is 0 Å². The monoisotopic (exact) mass is 321 g/mol. The molecule has 0 radical (unpaired) electrons. The average molecular weight is 321 g/mol. The zero-order chi connectivity index (χ0) is 17.4. The van der Waals surface area contributed by atoms with E-state index in [0.29, 0.717) is 17.7 Å². The molecule has 0 spiro atoms. The van der Waals surface area contributed by atoms with Crippen LogP contribution >= 0.6 is 0 Å². The third-order valence-corrected chi connectivity index (χ3v) is 4.03. The molecule has 0 aliphatic carbocycles. The fraction of sp³-hybridized carbons (Fsp3) is 0.300. The van der Waals surface area contributed by atoms with Crippen molar-refractivity contribution in [1.29, 1.82) is 5.26 Å². The van der Waals surface area contributed by atoms with Crippen LogP contribution in [0.15, 0.2) is 48.5 Å². The van der Waals surface area contributed by atoms with Gasteiger partial charge in [-0.2, -0.15) is 5.26 Å². The van der Waals surface area contributed by atoms with Crippen LogP contribution in [0.5, 0.6) is 0 Å². The lowest BCUT2D eigenvalue weighted by atomic mass is 10.1. The molecule has 0 unspecified atom stereocenters. The van der Waals surface area contributed by atoms with E-state index >= 15 is 0 Å².